The van der Waals surface area contributed by atoms with Crippen LogP contribution in [0.5, 0.6) is 5.75 Å². The Kier molecular flexibility index (Phi) is 6.53. The van der Waals surface area contributed by atoms with E-state index in [9.17, 15) is 4.79 Å². The Labute approximate surface area is 174 Å². The average molecular weight is 409 g/mol. The zero-order chi connectivity index (χ0) is 20.8. The third-order valence-electron chi connectivity index (χ3n) is 4.54. The first kappa shape index (κ1) is 20.4. The molecule has 1 heterocycles. The molecule has 6 nitrogen and oxygen atoms in total. The lowest BCUT2D eigenvalue weighted by Gasteiger charge is -2.09. The number of ether oxygens (including phenoxy) is 1. The molecule has 0 saturated carbocycles. The molecule has 0 aliphatic heterocycles. The Hall–Kier alpha value is -3.30. The third-order valence-corrected chi connectivity index (χ3v) is 4.91. The fraction of sp³-hybridized carbons (Fsp3) is 0.227. The van der Waals surface area contributed by atoms with Gasteiger partial charge in [-0.3, -0.25) is 9.48 Å². The van der Waals surface area contributed by atoms with Crippen molar-refractivity contribution in [3.63, 3.8) is 0 Å². The van der Waals surface area contributed by atoms with Gasteiger partial charge in [0.05, 0.1) is 17.8 Å². The smallest absolute Gasteiger partial charge is 0.255 e. The predicted octanol–water partition coefficient (Wildman–Crippen LogP) is 4.03. The van der Waals surface area contributed by atoms with Crippen molar-refractivity contribution in [3.05, 3.63) is 81.6 Å². The molecule has 0 aliphatic rings. The highest BCUT2D eigenvalue weighted by Gasteiger charge is 2.19. The topological polar surface area (TPSA) is 79.9 Å². The number of carbonyl (C=O) groups is 1. The zero-order valence-electron chi connectivity index (χ0n) is 16.3. The van der Waals surface area contributed by atoms with Crippen LogP contribution in [0.2, 0.25) is 5.02 Å². The molecule has 3 aromatic rings. The summed E-state index contributed by atoms with van der Waals surface area (Å²) in [5, 5.41) is 16.7. The molecular weight excluding hydrogens is 388 g/mol. The van der Waals surface area contributed by atoms with Crippen molar-refractivity contribution in [1.29, 1.82) is 5.26 Å². The number of hydrogen-bond donors (Lipinski definition) is 1. The number of nitrogens with one attached hydrogen (secondary N) is 1. The van der Waals surface area contributed by atoms with E-state index < -0.39 is 0 Å². The number of amides is 1. The lowest BCUT2D eigenvalue weighted by atomic mass is 10.1. The maximum absolute atomic E-state index is 12.8. The van der Waals surface area contributed by atoms with Crippen molar-refractivity contribution in [3.8, 4) is 11.8 Å². The molecule has 0 bridgehead atoms. The molecule has 3 rings (SSSR count). The van der Waals surface area contributed by atoms with Crippen LogP contribution in [0.1, 0.15) is 32.9 Å². The standard InChI is InChI=1S/C22H21ClN4O2/c1-15-21(16(2)27(26-15)14-18-7-3-4-9-20(18)23)22(28)25-13-17-6-5-8-19(12-17)29-11-10-24/h3-9,12H,11,13-14H2,1-2H3,(H,25,28). The summed E-state index contributed by atoms with van der Waals surface area (Å²) in [5.41, 5.74) is 3.84. The van der Waals surface area contributed by atoms with Gasteiger partial charge in [-0.1, -0.05) is 41.9 Å². The highest BCUT2D eigenvalue weighted by molar-refractivity contribution is 6.31. The van der Waals surface area contributed by atoms with Crippen LogP contribution < -0.4 is 10.1 Å². The number of halogens is 1. The van der Waals surface area contributed by atoms with E-state index >= 15 is 0 Å². The summed E-state index contributed by atoms with van der Waals surface area (Å²) >= 11 is 6.25. The van der Waals surface area contributed by atoms with Crippen molar-refractivity contribution >= 4 is 17.5 Å². The Bertz CT molecular complexity index is 1070. The predicted molar refractivity (Wildman–Crippen MR) is 111 cm³/mol. The largest absolute Gasteiger partial charge is 0.479 e. The van der Waals surface area contributed by atoms with Crippen LogP contribution >= 0.6 is 11.6 Å². The van der Waals surface area contributed by atoms with Gasteiger partial charge in [0, 0.05) is 17.3 Å². The Morgan fingerprint density at radius 1 is 1.24 bits per heavy atom. The second-order valence-electron chi connectivity index (χ2n) is 6.57. The molecule has 1 aromatic heterocycles. The van der Waals surface area contributed by atoms with Crippen LogP contribution in [0.3, 0.4) is 0 Å². The van der Waals surface area contributed by atoms with Gasteiger partial charge in [-0.05, 0) is 43.2 Å². The molecule has 0 atom stereocenters. The van der Waals surface area contributed by atoms with Crippen LogP contribution in [0.25, 0.3) is 0 Å². The molecule has 1 N–H and O–H groups in total. The molecule has 1 amide bonds. The third kappa shape index (κ3) is 4.95. The number of aryl methyl sites for hydroxylation is 1. The number of nitriles is 1. The van der Waals surface area contributed by atoms with Gasteiger partial charge in [0.25, 0.3) is 5.91 Å². The molecule has 0 spiro atoms. The summed E-state index contributed by atoms with van der Waals surface area (Å²) in [4.78, 5) is 12.8. The van der Waals surface area contributed by atoms with E-state index in [1.165, 1.54) is 0 Å². The van der Waals surface area contributed by atoms with Crippen molar-refractivity contribution < 1.29 is 9.53 Å². The summed E-state index contributed by atoms with van der Waals surface area (Å²) in [6.45, 7) is 4.53. The van der Waals surface area contributed by atoms with E-state index in [1.54, 1.807) is 16.8 Å². The SMILES string of the molecule is Cc1nn(Cc2ccccc2Cl)c(C)c1C(=O)NCc1cccc(OCC#N)c1. The van der Waals surface area contributed by atoms with Crippen LogP contribution in [-0.4, -0.2) is 22.3 Å². The number of nitrogens with zero attached hydrogens (tertiary/aromatic N) is 3. The summed E-state index contributed by atoms with van der Waals surface area (Å²) in [6, 6.07) is 16.8. The monoisotopic (exact) mass is 408 g/mol. The number of rotatable bonds is 7. The first-order valence-electron chi connectivity index (χ1n) is 9.14. The van der Waals surface area contributed by atoms with Gasteiger partial charge < -0.3 is 10.1 Å². The Morgan fingerprint density at radius 3 is 2.79 bits per heavy atom. The Balaban J connectivity index is 1.71. The summed E-state index contributed by atoms with van der Waals surface area (Å²) in [5.74, 6) is 0.409. The van der Waals surface area contributed by atoms with Gasteiger partial charge in [0.1, 0.15) is 11.8 Å². The molecule has 148 valence electrons. The summed E-state index contributed by atoms with van der Waals surface area (Å²) in [6.07, 6.45) is 0. The quantitative estimate of drug-likeness (QED) is 0.640. The second kappa shape index (κ2) is 9.26. The van der Waals surface area contributed by atoms with Crippen LogP contribution in [0.4, 0.5) is 0 Å². The van der Waals surface area contributed by atoms with Gasteiger partial charge in [-0.15, -0.1) is 0 Å². The van der Waals surface area contributed by atoms with E-state index in [-0.39, 0.29) is 12.5 Å². The average Bonchev–Trinajstić information content (AvgIpc) is 3.00. The van der Waals surface area contributed by atoms with E-state index in [1.807, 2.05) is 56.3 Å². The van der Waals surface area contributed by atoms with Gasteiger partial charge in [0.15, 0.2) is 6.61 Å². The van der Waals surface area contributed by atoms with E-state index in [2.05, 4.69) is 10.4 Å². The molecule has 0 saturated heterocycles. The normalized spacial score (nSPS) is 10.4. The van der Waals surface area contributed by atoms with Crippen LogP contribution in [0, 0.1) is 25.2 Å². The molecule has 2 aromatic carbocycles. The maximum Gasteiger partial charge on any atom is 0.255 e. The number of carbonyl (C=O) groups excluding carboxylic acids is 1. The summed E-state index contributed by atoms with van der Waals surface area (Å²) in [7, 11) is 0. The van der Waals surface area contributed by atoms with Crippen molar-refractivity contribution in [2.24, 2.45) is 0 Å². The van der Waals surface area contributed by atoms with E-state index in [0.29, 0.717) is 35.1 Å². The lowest BCUT2D eigenvalue weighted by molar-refractivity contribution is 0.0949. The van der Waals surface area contributed by atoms with Crippen LogP contribution in [0.15, 0.2) is 48.5 Å². The minimum Gasteiger partial charge on any atom is -0.479 e. The molecule has 0 radical (unpaired) electrons. The van der Waals surface area contributed by atoms with Crippen molar-refractivity contribution in [1.82, 2.24) is 15.1 Å². The van der Waals surface area contributed by atoms with Gasteiger partial charge in [-0.25, -0.2) is 0 Å². The summed E-state index contributed by atoms with van der Waals surface area (Å²) < 4.78 is 7.09. The molecule has 0 fully saturated rings. The number of benzene rings is 2. The lowest BCUT2D eigenvalue weighted by Crippen LogP contribution is -2.24. The first-order chi connectivity index (χ1) is 14.0. The highest BCUT2D eigenvalue weighted by atomic mass is 35.5. The molecule has 29 heavy (non-hydrogen) atoms. The van der Waals surface area contributed by atoms with Gasteiger partial charge >= 0.3 is 0 Å². The van der Waals surface area contributed by atoms with E-state index in [0.717, 1.165) is 16.8 Å². The molecule has 0 aliphatic carbocycles. The number of aromatic nitrogens is 2. The first-order valence-corrected chi connectivity index (χ1v) is 9.51. The zero-order valence-corrected chi connectivity index (χ0v) is 17.0. The minimum absolute atomic E-state index is 0.0151. The van der Waals surface area contributed by atoms with Gasteiger partial charge in [0.2, 0.25) is 0 Å². The minimum atomic E-state index is -0.186. The van der Waals surface area contributed by atoms with Gasteiger partial charge in [-0.2, -0.15) is 10.4 Å². The molecule has 0 unspecified atom stereocenters. The number of hydrogen-bond acceptors (Lipinski definition) is 4. The van der Waals surface area contributed by atoms with Crippen molar-refractivity contribution in [2.45, 2.75) is 26.9 Å². The fourth-order valence-corrected chi connectivity index (χ4v) is 3.29. The molecule has 7 heteroatoms. The van der Waals surface area contributed by atoms with Crippen LogP contribution in [-0.2, 0) is 13.1 Å². The van der Waals surface area contributed by atoms with E-state index in [4.69, 9.17) is 21.6 Å². The molecular formula is C22H21ClN4O2. The fourth-order valence-electron chi connectivity index (χ4n) is 3.10. The Morgan fingerprint density at radius 2 is 2.03 bits per heavy atom. The second-order valence-corrected chi connectivity index (χ2v) is 6.98. The maximum atomic E-state index is 12.8. The highest BCUT2D eigenvalue weighted by Crippen LogP contribution is 2.20. The van der Waals surface area contributed by atoms with Crippen molar-refractivity contribution in [2.75, 3.05) is 6.61 Å².